The molecule has 2 aromatic rings. The standard InChI is InChI=1S/C29H40BrN3O4S/c1-4-23-14-18-27(19-15-23)33(38(3,36)37)20-8-11-28(34)32(21-24-12-16-25(30)17-13-24)22(2)29(35)31-26-9-6-5-7-10-26/h12-19,22,26H,4-11,20-21H2,1-3H3,(H,31,35)/t22-/m1/s1. The molecule has 9 heteroatoms. The van der Waals surface area contributed by atoms with Crippen molar-refractivity contribution in [2.75, 3.05) is 17.1 Å². The van der Waals surface area contributed by atoms with E-state index in [1.807, 2.05) is 43.3 Å². The summed E-state index contributed by atoms with van der Waals surface area (Å²) in [4.78, 5) is 28.2. The third-order valence-electron chi connectivity index (χ3n) is 7.17. The summed E-state index contributed by atoms with van der Waals surface area (Å²) < 4.78 is 27.3. The largest absolute Gasteiger partial charge is 0.352 e. The van der Waals surface area contributed by atoms with E-state index in [-0.39, 0.29) is 30.8 Å². The lowest BCUT2D eigenvalue weighted by molar-refractivity contribution is -0.141. The molecule has 2 amide bonds. The second-order valence-corrected chi connectivity index (χ2v) is 12.9. The molecule has 0 unspecified atom stereocenters. The molecule has 0 spiro atoms. The predicted molar refractivity (Wildman–Crippen MR) is 156 cm³/mol. The zero-order valence-electron chi connectivity index (χ0n) is 22.7. The molecule has 0 heterocycles. The van der Waals surface area contributed by atoms with E-state index >= 15 is 0 Å². The molecule has 1 fully saturated rings. The second kappa shape index (κ2) is 14.1. The topological polar surface area (TPSA) is 86.8 Å². The first-order valence-corrected chi connectivity index (χ1v) is 16.1. The maximum atomic E-state index is 13.5. The smallest absolute Gasteiger partial charge is 0.242 e. The van der Waals surface area contributed by atoms with Crippen molar-refractivity contribution in [2.45, 2.75) is 83.8 Å². The SMILES string of the molecule is CCc1ccc(N(CCCC(=O)N(Cc2ccc(Br)cc2)[C@H](C)C(=O)NC2CCCCC2)S(C)(=O)=O)cc1. The third-order valence-corrected chi connectivity index (χ3v) is 8.89. The lowest BCUT2D eigenvalue weighted by atomic mass is 9.95. The minimum absolute atomic E-state index is 0.136. The van der Waals surface area contributed by atoms with E-state index in [4.69, 9.17) is 0 Å². The molecule has 7 nitrogen and oxygen atoms in total. The monoisotopic (exact) mass is 605 g/mol. The van der Waals surface area contributed by atoms with Gasteiger partial charge in [0.15, 0.2) is 0 Å². The van der Waals surface area contributed by atoms with Gasteiger partial charge >= 0.3 is 0 Å². The van der Waals surface area contributed by atoms with Crippen molar-refractivity contribution < 1.29 is 18.0 Å². The number of sulfonamides is 1. The molecule has 38 heavy (non-hydrogen) atoms. The van der Waals surface area contributed by atoms with Gasteiger partial charge in [-0.2, -0.15) is 0 Å². The maximum Gasteiger partial charge on any atom is 0.242 e. The van der Waals surface area contributed by atoms with Gasteiger partial charge in [0.2, 0.25) is 21.8 Å². The molecule has 2 aromatic carbocycles. The quantitative estimate of drug-likeness (QED) is 0.350. The Balaban J connectivity index is 1.70. The zero-order chi connectivity index (χ0) is 27.7. The molecule has 0 saturated heterocycles. The molecule has 1 saturated carbocycles. The molecule has 0 radical (unpaired) electrons. The fourth-order valence-corrected chi connectivity index (χ4v) is 6.07. The zero-order valence-corrected chi connectivity index (χ0v) is 25.1. The Kier molecular flexibility index (Phi) is 11.2. The van der Waals surface area contributed by atoms with Crippen LogP contribution in [0.3, 0.4) is 0 Å². The van der Waals surface area contributed by atoms with Crippen LogP contribution in [-0.2, 0) is 32.6 Å². The summed E-state index contributed by atoms with van der Waals surface area (Å²) in [5.41, 5.74) is 2.64. The van der Waals surface area contributed by atoms with Crippen molar-refractivity contribution in [3.63, 3.8) is 0 Å². The Morgan fingerprint density at radius 2 is 1.61 bits per heavy atom. The maximum absolute atomic E-state index is 13.5. The Hall–Kier alpha value is -2.39. The van der Waals surface area contributed by atoms with Gasteiger partial charge in [0, 0.05) is 30.0 Å². The number of nitrogens with zero attached hydrogens (tertiary/aromatic N) is 2. The van der Waals surface area contributed by atoms with Crippen LogP contribution in [0.2, 0.25) is 0 Å². The van der Waals surface area contributed by atoms with Gasteiger partial charge in [0.1, 0.15) is 6.04 Å². The van der Waals surface area contributed by atoms with E-state index in [0.29, 0.717) is 18.7 Å². The number of rotatable bonds is 12. The van der Waals surface area contributed by atoms with Crippen molar-refractivity contribution in [1.82, 2.24) is 10.2 Å². The first-order chi connectivity index (χ1) is 18.1. The summed E-state index contributed by atoms with van der Waals surface area (Å²) in [6.07, 6.45) is 7.89. The minimum Gasteiger partial charge on any atom is -0.352 e. The fourth-order valence-electron chi connectivity index (χ4n) is 4.84. The van der Waals surface area contributed by atoms with E-state index < -0.39 is 16.1 Å². The molecule has 1 N–H and O–H groups in total. The van der Waals surface area contributed by atoms with Crippen molar-refractivity contribution in [1.29, 1.82) is 0 Å². The molecule has 0 aromatic heterocycles. The van der Waals surface area contributed by atoms with Crippen LogP contribution in [0.4, 0.5) is 5.69 Å². The highest BCUT2D eigenvalue weighted by atomic mass is 79.9. The average Bonchev–Trinajstić information content (AvgIpc) is 2.90. The van der Waals surface area contributed by atoms with Crippen LogP contribution < -0.4 is 9.62 Å². The molecule has 0 bridgehead atoms. The molecule has 3 rings (SSSR count). The average molecular weight is 607 g/mol. The first-order valence-electron chi connectivity index (χ1n) is 13.5. The number of halogens is 1. The van der Waals surface area contributed by atoms with Gasteiger partial charge < -0.3 is 10.2 Å². The van der Waals surface area contributed by atoms with Gasteiger partial charge in [0.25, 0.3) is 0 Å². The second-order valence-electron chi connectivity index (χ2n) is 10.1. The van der Waals surface area contributed by atoms with Crippen LogP contribution >= 0.6 is 15.9 Å². The van der Waals surface area contributed by atoms with Gasteiger partial charge in [-0.3, -0.25) is 13.9 Å². The predicted octanol–water partition coefficient (Wildman–Crippen LogP) is 5.42. The summed E-state index contributed by atoms with van der Waals surface area (Å²) >= 11 is 3.44. The normalized spacial score (nSPS) is 15.1. The van der Waals surface area contributed by atoms with Gasteiger partial charge in [-0.25, -0.2) is 8.42 Å². The molecule has 0 aliphatic heterocycles. The molecule has 1 aliphatic carbocycles. The third kappa shape index (κ3) is 8.83. The number of carbonyl (C=O) groups is 2. The fraction of sp³-hybridized carbons (Fsp3) is 0.517. The van der Waals surface area contributed by atoms with Crippen LogP contribution in [0.25, 0.3) is 0 Å². The van der Waals surface area contributed by atoms with Crippen LogP contribution in [0.15, 0.2) is 53.0 Å². The highest BCUT2D eigenvalue weighted by Gasteiger charge is 2.28. The molecule has 1 aliphatic rings. The highest BCUT2D eigenvalue weighted by molar-refractivity contribution is 9.10. The number of hydrogen-bond acceptors (Lipinski definition) is 4. The van der Waals surface area contributed by atoms with Gasteiger partial charge in [-0.05, 0) is 68.0 Å². The Labute approximate surface area is 236 Å². The van der Waals surface area contributed by atoms with Crippen molar-refractivity contribution >= 4 is 43.5 Å². The summed E-state index contributed by atoms with van der Waals surface area (Å²) in [6.45, 7) is 4.31. The lowest BCUT2D eigenvalue weighted by Gasteiger charge is -2.31. The van der Waals surface area contributed by atoms with E-state index in [9.17, 15) is 18.0 Å². The van der Waals surface area contributed by atoms with Crippen LogP contribution in [-0.4, -0.2) is 50.0 Å². The summed E-state index contributed by atoms with van der Waals surface area (Å²) in [5.74, 6) is -0.315. The van der Waals surface area contributed by atoms with E-state index in [1.54, 1.807) is 24.0 Å². The molecule has 1 atom stereocenters. The molecule has 208 valence electrons. The van der Waals surface area contributed by atoms with E-state index in [0.717, 1.165) is 47.7 Å². The molecular weight excluding hydrogens is 566 g/mol. The first kappa shape index (κ1) is 30.2. The summed E-state index contributed by atoms with van der Waals surface area (Å²) in [6, 6.07) is 14.7. The number of aryl methyl sites for hydroxylation is 1. The number of hydrogen-bond donors (Lipinski definition) is 1. The van der Waals surface area contributed by atoms with Gasteiger partial charge in [-0.15, -0.1) is 0 Å². The number of amides is 2. The van der Waals surface area contributed by atoms with Gasteiger partial charge in [0.05, 0.1) is 11.9 Å². The van der Waals surface area contributed by atoms with Crippen LogP contribution in [0.1, 0.15) is 69.9 Å². The number of benzene rings is 2. The van der Waals surface area contributed by atoms with Gasteiger partial charge in [-0.1, -0.05) is 66.4 Å². The van der Waals surface area contributed by atoms with E-state index in [2.05, 4.69) is 21.2 Å². The Morgan fingerprint density at radius 3 is 2.18 bits per heavy atom. The Morgan fingerprint density at radius 1 is 1.00 bits per heavy atom. The van der Waals surface area contributed by atoms with Crippen molar-refractivity contribution in [2.24, 2.45) is 0 Å². The van der Waals surface area contributed by atoms with E-state index in [1.165, 1.54) is 17.0 Å². The number of carbonyl (C=O) groups excluding carboxylic acids is 2. The summed E-state index contributed by atoms with van der Waals surface area (Å²) in [7, 11) is -3.51. The number of nitrogens with one attached hydrogen (secondary N) is 1. The van der Waals surface area contributed by atoms with Crippen molar-refractivity contribution in [3.05, 3.63) is 64.1 Å². The molecular formula is C29H40BrN3O4S. The van der Waals surface area contributed by atoms with Crippen molar-refractivity contribution in [3.8, 4) is 0 Å². The number of anilines is 1. The Bertz CT molecular complexity index is 1160. The minimum atomic E-state index is -3.51. The lowest BCUT2D eigenvalue weighted by Crippen LogP contribution is -2.50. The highest BCUT2D eigenvalue weighted by Crippen LogP contribution is 2.21. The summed E-state index contributed by atoms with van der Waals surface area (Å²) in [5, 5.41) is 3.15. The van der Waals surface area contributed by atoms with Crippen LogP contribution in [0.5, 0.6) is 0 Å². The van der Waals surface area contributed by atoms with Crippen LogP contribution in [0, 0.1) is 0 Å².